The molecule has 0 bridgehead atoms. The normalized spacial score (nSPS) is 24.2. The molecule has 3 heteroatoms. The van der Waals surface area contributed by atoms with E-state index in [0.29, 0.717) is 18.4 Å². The topological polar surface area (TPSA) is 35.8 Å². The molecule has 0 saturated carbocycles. The van der Waals surface area contributed by atoms with Crippen molar-refractivity contribution in [1.82, 2.24) is 5.32 Å². The van der Waals surface area contributed by atoms with Crippen LogP contribution >= 0.6 is 0 Å². The van der Waals surface area contributed by atoms with Crippen LogP contribution in [0.15, 0.2) is 24.3 Å². The fraction of sp³-hybridized carbons (Fsp3) is 0.500. The van der Waals surface area contributed by atoms with E-state index in [4.69, 9.17) is 0 Å². The number of hydrogen-bond acceptors (Lipinski definition) is 2. The van der Waals surface area contributed by atoms with Crippen LogP contribution in [0.25, 0.3) is 0 Å². The van der Waals surface area contributed by atoms with Gasteiger partial charge < -0.3 is 0 Å². The van der Waals surface area contributed by atoms with Gasteiger partial charge in [-0.1, -0.05) is 18.2 Å². The van der Waals surface area contributed by atoms with E-state index in [2.05, 4.69) is 11.4 Å². The Labute approximate surface area is 101 Å². The predicted molar refractivity (Wildman–Crippen MR) is 64.9 cm³/mol. The molecule has 1 saturated heterocycles. The first-order valence-electron chi connectivity index (χ1n) is 6.15. The Bertz CT molecular complexity index is 416. The first kappa shape index (κ1) is 12.1. The van der Waals surface area contributed by atoms with Gasteiger partial charge in [0.2, 0.25) is 0 Å². The van der Waals surface area contributed by atoms with Crippen molar-refractivity contribution >= 4 is 0 Å². The minimum atomic E-state index is -0.444. The predicted octanol–water partition coefficient (Wildman–Crippen LogP) is 2.79. The van der Waals surface area contributed by atoms with Gasteiger partial charge >= 0.3 is 0 Å². The van der Waals surface area contributed by atoms with Crippen molar-refractivity contribution in [2.45, 2.75) is 37.6 Å². The number of nitriles is 1. The zero-order chi connectivity index (χ0) is 12.1. The fourth-order valence-electron chi connectivity index (χ4n) is 2.38. The molecule has 17 heavy (non-hydrogen) atoms. The molecule has 1 atom stereocenters. The molecule has 1 aromatic carbocycles. The Morgan fingerprint density at radius 1 is 1.35 bits per heavy atom. The van der Waals surface area contributed by atoms with Crippen molar-refractivity contribution in [3.8, 4) is 6.07 Å². The lowest BCUT2D eigenvalue weighted by atomic mass is 9.85. The Hall–Kier alpha value is -1.40. The third kappa shape index (κ3) is 2.83. The molecular formula is C14H17FN2. The van der Waals surface area contributed by atoms with Gasteiger partial charge in [-0.15, -0.1) is 0 Å². The molecule has 0 aliphatic carbocycles. The maximum Gasteiger partial charge on any atom is 0.126 e. The van der Waals surface area contributed by atoms with E-state index in [9.17, 15) is 9.65 Å². The summed E-state index contributed by atoms with van der Waals surface area (Å²) in [6.07, 6.45) is 4.39. The highest BCUT2D eigenvalue weighted by Gasteiger charge is 2.31. The molecule has 0 radical (unpaired) electrons. The molecule has 1 N–H and O–H groups in total. The molecule has 1 aromatic rings. The summed E-state index contributed by atoms with van der Waals surface area (Å²) in [5, 5.41) is 12.6. The average Bonchev–Trinajstić information content (AvgIpc) is 2.39. The van der Waals surface area contributed by atoms with Crippen molar-refractivity contribution in [2.24, 2.45) is 0 Å². The standard InChI is InChI=1S/C14H17FN2/c15-13-6-2-1-5-12(13)7-9-14(11-16)8-3-4-10-17-14/h1-2,5-6,17H,3-4,7-10H2. The molecule has 2 rings (SSSR count). The van der Waals surface area contributed by atoms with Gasteiger partial charge in [-0.3, -0.25) is 5.32 Å². The Morgan fingerprint density at radius 3 is 2.82 bits per heavy atom. The summed E-state index contributed by atoms with van der Waals surface area (Å²) in [6, 6.07) is 9.17. The average molecular weight is 232 g/mol. The van der Waals surface area contributed by atoms with E-state index < -0.39 is 5.54 Å². The van der Waals surface area contributed by atoms with Gasteiger partial charge in [0.1, 0.15) is 11.4 Å². The summed E-state index contributed by atoms with van der Waals surface area (Å²) >= 11 is 0. The largest absolute Gasteiger partial charge is 0.299 e. The maximum absolute atomic E-state index is 13.5. The molecule has 2 nitrogen and oxygen atoms in total. The van der Waals surface area contributed by atoms with Crippen molar-refractivity contribution in [3.05, 3.63) is 35.6 Å². The third-order valence-electron chi connectivity index (χ3n) is 3.49. The molecule has 90 valence electrons. The van der Waals surface area contributed by atoms with E-state index in [1.807, 2.05) is 6.07 Å². The Morgan fingerprint density at radius 2 is 2.18 bits per heavy atom. The minimum absolute atomic E-state index is 0.170. The van der Waals surface area contributed by atoms with Gasteiger partial charge in [0.05, 0.1) is 6.07 Å². The van der Waals surface area contributed by atoms with Crippen molar-refractivity contribution in [1.29, 1.82) is 5.26 Å². The zero-order valence-electron chi connectivity index (χ0n) is 9.88. The molecule has 1 aliphatic rings. The van der Waals surface area contributed by atoms with Crippen LogP contribution in [0.4, 0.5) is 4.39 Å². The molecule has 1 unspecified atom stereocenters. The van der Waals surface area contributed by atoms with Crippen LogP contribution in [-0.2, 0) is 6.42 Å². The molecule has 1 heterocycles. The van der Waals surface area contributed by atoms with Gasteiger partial charge in [0, 0.05) is 0 Å². The third-order valence-corrected chi connectivity index (χ3v) is 3.49. The van der Waals surface area contributed by atoms with E-state index in [0.717, 1.165) is 25.8 Å². The first-order valence-corrected chi connectivity index (χ1v) is 6.15. The van der Waals surface area contributed by atoms with E-state index in [1.165, 1.54) is 6.07 Å². The lowest BCUT2D eigenvalue weighted by Gasteiger charge is -2.32. The van der Waals surface area contributed by atoms with Gasteiger partial charge in [0.25, 0.3) is 0 Å². The number of hydrogen-bond donors (Lipinski definition) is 1. The highest BCUT2D eigenvalue weighted by Crippen LogP contribution is 2.24. The van der Waals surface area contributed by atoms with Crippen molar-refractivity contribution in [2.75, 3.05) is 6.54 Å². The number of rotatable bonds is 3. The van der Waals surface area contributed by atoms with Gasteiger partial charge in [0.15, 0.2) is 0 Å². The van der Waals surface area contributed by atoms with Crippen LogP contribution in [0.3, 0.4) is 0 Å². The smallest absolute Gasteiger partial charge is 0.126 e. The van der Waals surface area contributed by atoms with Crippen LogP contribution in [0.1, 0.15) is 31.2 Å². The molecule has 0 spiro atoms. The molecular weight excluding hydrogens is 215 g/mol. The van der Waals surface area contributed by atoms with Crippen LogP contribution in [0.5, 0.6) is 0 Å². The lowest BCUT2D eigenvalue weighted by Crippen LogP contribution is -2.47. The van der Waals surface area contributed by atoms with Gasteiger partial charge in [-0.2, -0.15) is 5.26 Å². The minimum Gasteiger partial charge on any atom is -0.299 e. The van der Waals surface area contributed by atoms with Crippen LogP contribution in [0, 0.1) is 17.1 Å². The summed E-state index contributed by atoms with van der Waals surface area (Å²) in [5.74, 6) is -0.170. The summed E-state index contributed by atoms with van der Waals surface area (Å²) in [5.41, 5.74) is 0.259. The molecule has 0 aromatic heterocycles. The van der Waals surface area contributed by atoms with E-state index in [-0.39, 0.29) is 5.82 Å². The van der Waals surface area contributed by atoms with Gasteiger partial charge in [-0.05, 0) is 50.3 Å². The zero-order valence-corrected chi connectivity index (χ0v) is 9.88. The summed E-state index contributed by atoms with van der Waals surface area (Å²) in [6.45, 7) is 0.894. The summed E-state index contributed by atoms with van der Waals surface area (Å²) in [7, 11) is 0. The number of benzene rings is 1. The number of aryl methyl sites for hydroxylation is 1. The highest BCUT2D eigenvalue weighted by atomic mass is 19.1. The number of nitrogens with zero attached hydrogens (tertiary/aromatic N) is 1. The van der Waals surface area contributed by atoms with Crippen LogP contribution in [-0.4, -0.2) is 12.1 Å². The highest BCUT2D eigenvalue weighted by molar-refractivity contribution is 5.19. The SMILES string of the molecule is N#CC1(CCc2ccccc2F)CCCCN1. The van der Waals surface area contributed by atoms with Crippen LogP contribution in [0.2, 0.25) is 0 Å². The van der Waals surface area contributed by atoms with Crippen LogP contribution < -0.4 is 5.32 Å². The van der Waals surface area contributed by atoms with Crippen molar-refractivity contribution < 1.29 is 4.39 Å². The van der Waals surface area contributed by atoms with E-state index >= 15 is 0 Å². The van der Waals surface area contributed by atoms with Crippen molar-refractivity contribution in [3.63, 3.8) is 0 Å². The molecule has 0 amide bonds. The van der Waals surface area contributed by atoms with E-state index in [1.54, 1.807) is 12.1 Å². The quantitative estimate of drug-likeness (QED) is 0.869. The lowest BCUT2D eigenvalue weighted by molar-refractivity contribution is 0.304. The number of piperidine rings is 1. The second-order valence-corrected chi connectivity index (χ2v) is 4.67. The maximum atomic E-state index is 13.5. The molecule has 1 fully saturated rings. The Kier molecular flexibility index (Phi) is 3.75. The monoisotopic (exact) mass is 232 g/mol. The second kappa shape index (κ2) is 5.29. The number of nitrogens with one attached hydrogen (secondary N) is 1. The first-order chi connectivity index (χ1) is 8.26. The Balaban J connectivity index is 2.01. The van der Waals surface area contributed by atoms with Gasteiger partial charge in [-0.25, -0.2) is 4.39 Å². The summed E-state index contributed by atoms with van der Waals surface area (Å²) in [4.78, 5) is 0. The molecule has 1 aliphatic heterocycles. The number of halogens is 1. The summed E-state index contributed by atoms with van der Waals surface area (Å²) < 4.78 is 13.5. The fourth-order valence-corrected chi connectivity index (χ4v) is 2.38. The second-order valence-electron chi connectivity index (χ2n) is 4.67.